The molecule has 0 bridgehead atoms. The molecule has 2 aromatic carbocycles. The average molecular weight is 262 g/mol. The van der Waals surface area contributed by atoms with Crippen LogP contribution in [0, 0.1) is 5.82 Å². The van der Waals surface area contributed by atoms with Gasteiger partial charge in [-0.25, -0.2) is 12.8 Å². The molecule has 2 nitrogen and oxygen atoms in total. The molecule has 4 heteroatoms. The van der Waals surface area contributed by atoms with Gasteiger partial charge in [-0.05, 0) is 35.9 Å². The molecule has 0 fully saturated rings. The second-order valence-electron chi connectivity index (χ2n) is 3.71. The summed E-state index contributed by atoms with van der Waals surface area (Å²) in [5.74, 6) is -0.457. The molecule has 0 heterocycles. The van der Waals surface area contributed by atoms with E-state index in [0.717, 1.165) is 23.1 Å². The normalized spacial score (nSPS) is 11.8. The van der Waals surface area contributed by atoms with Gasteiger partial charge in [0.1, 0.15) is 5.82 Å². The Kier molecular flexibility index (Phi) is 3.58. The second kappa shape index (κ2) is 5.14. The van der Waals surface area contributed by atoms with Gasteiger partial charge in [0.25, 0.3) is 0 Å². The smallest absolute Gasteiger partial charge is 0.199 e. The first-order valence-corrected chi connectivity index (χ1v) is 6.86. The Bertz CT molecular complexity index is 644. The monoisotopic (exact) mass is 262 g/mol. The third-order valence-corrected chi connectivity index (χ3v) is 3.81. The Balaban J connectivity index is 2.28. The van der Waals surface area contributed by atoms with E-state index in [-0.39, 0.29) is 4.90 Å². The van der Waals surface area contributed by atoms with E-state index < -0.39 is 15.7 Å². The highest BCUT2D eigenvalue weighted by Gasteiger charge is 2.09. The maximum Gasteiger partial charge on any atom is 0.199 e. The first kappa shape index (κ1) is 12.5. The Morgan fingerprint density at radius 1 is 0.889 bits per heavy atom. The van der Waals surface area contributed by atoms with Crippen molar-refractivity contribution in [3.8, 4) is 0 Å². The minimum Gasteiger partial charge on any atom is -0.219 e. The molecule has 92 valence electrons. The first-order chi connectivity index (χ1) is 8.58. The Labute approximate surface area is 105 Å². The third kappa shape index (κ3) is 3.05. The predicted molar refractivity (Wildman–Crippen MR) is 69.1 cm³/mol. The largest absolute Gasteiger partial charge is 0.219 e. The number of hydrogen-bond acceptors (Lipinski definition) is 2. The van der Waals surface area contributed by atoms with Gasteiger partial charge >= 0.3 is 0 Å². The van der Waals surface area contributed by atoms with Gasteiger partial charge in [0, 0.05) is 5.41 Å². The lowest BCUT2D eigenvalue weighted by atomic mass is 10.2. The molecule has 0 saturated heterocycles. The van der Waals surface area contributed by atoms with Crippen LogP contribution in [-0.4, -0.2) is 8.42 Å². The quantitative estimate of drug-likeness (QED) is 0.795. The maximum absolute atomic E-state index is 12.7. The van der Waals surface area contributed by atoms with Crippen molar-refractivity contribution in [2.24, 2.45) is 0 Å². The Morgan fingerprint density at radius 3 is 2.11 bits per heavy atom. The highest BCUT2D eigenvalue weighted by atomic mass is 32.2. The van der Waals surface area contributed by atoms with E-state index >= 15 is 0 Å². The van der Waals surface area contributed by atoms with Crippen molar-refractivity contribution in [1.82, 2.24) is 0 Å². The Morgan fingerprint density at radius 2 is 1.50 bits per heavy atom. The van der Waals surface area contributed by atoms with Crippen LogP contribution in [-0.2, 0) is 9.84 Å². The van der Waals surface area contributed by atoms with E-state index in [4.69, 9.17) is 0 Å². The van der Waals surface area contributed by atoms with Crippen LogP contribution in [0.2, 0.25) is 0 Å². The van der Waals surface area contributed by atoms with E-state index in [1.807, 2.05) is 18.2 Å². The summed E-state index contributed by atoms with van der Waals surface area (Å²) < 4.78 is 36.5. The van der Waals surface area contributed by atoms with E-state index in [0.29, 0.717) is 0 Å². The molecule has 2 aromatic rings. The fourth-order valence-corrected chi connectivity index (χ4v) is 2.44. The minimum atomic E-state index is -3.52. The van der Waals surface area contributed by atoms with Crippen LogP contribution in [0.25, 0.3) is 6.08 Å². The molecule has 0 amide bonds. The van der Waals surface area contributed by atoms with Crippen molar-refractivity contribution in [3.05, 3.63) is 71.4 Å². The standard InChI is InChI=1S/C14H11FO2S/c15-13-6-8-14(9-7-13)18(16,17)11-10-12-4-2-1-3-5-12/h1-11H/b11-10+. The molecule has 0 aromatic heterocycles. The summed E-state index contributed by atoms with van der Waals surface area (Å²) in [7, 11) is -3.52. The fourth-order valence-electron chi connectivity index (χ4n) is 1.44. The molecular formula is C14H11FO2S. The maximum atomic E-state index is 12.7. The number of rotatable bonds is 3. The molecular weight excluding hydrogens is 251 g/mol. The number of benzene rings is 2. The molecule has 2 rings (SSSR count). The van der Waals surface area contributed by atoms with Crippen molar-refractivity contribution in [1.29, 1.82) is 0 Å². The van der Waals surface area contributed by atoms with Crippen LogP contribution in [0.15, 0.2) is 64.9 Å². The first-order valence-electron chi connectivity index (χ1n) is 5.32. The van der Waals surface area contributed by atoms with Gasteiger partial charge in [0.15, 0.2) is 9.84 Å². The van der Waals surface area contributed by atoms with Crippen molar-refractivity contribution in [2.45, 2.75) is 4.90 Å². The van der Waals surface area contributed by atoms with Gasteiger partial charge < -0.3 is 0 Å². The Hall–Kier alpha value is -1.94. The summed E-state index contributed by atoms with van der Waals surface area (Å²) >= 11 is 0. The molecule has 18 heavy (non-hydrogen) atoms. The summed E-state index contributed by atoms with van der Waals surface area (Å²) in [6.07, 6.45) is 1.51. The SMILES string of the molecule is O=S(=O)(/C=C/c1ccccc1)c1ccc(F)cc1. The number of hydrogen-bond donors (Lipinski definition) is 0. The molecule has 0 atom stereocenters. The third-order valence-electron chi connectivity index (χ3n) is 2.38. The van der Waals surface area contributed by atoms with Gasteiger partial charge in [-0.15, -0.1) is 0 Å². The summed E-state index contributed by atoms with van der Waals surface area (Å²) in [5, 5.41) is 1.12. The van der Waals surface area contributed by atoms with E-state index in [1.165, 1.54) is 18.2 Å². The summed E-state index contributed by atoms with van der Waals surface area (Å²) in [6, 6.07) is 13.9. The zero-order valence-corrected chi connectivity index (χ0v) is 10.3. The van der Waals surface area contributed by atoms with E-state index in [2.05, 4.69) is 0 Å². The van der Waals surface area contributed by atoms with Gasteiger partial charge in [0.2, 0.25) is 0 Å². The van der Waals surface area contributed by atoms with Crippen molar-refractivity contribution >= 4 is 15.9 Å². The van der Waals surface area contributed by atoms with Crippen LogP contribution >= 0.6 is 0 Å². The minimum absolute atomic E-state index is 0.0797. The van der Waals surface area contributed by atoms with Crippen LogP contribution in [0.5, 0.6) is 0 Å². The highest BCUT2D eigenvalue weighted by molar-refractivity contribution is 7.94. The molecule has 0 saturated carbocycles. The average Bonchev–Trinajstić information content (AvgIpc) is 2.38. The van der Waals surface area contributed by atoms with Crippen LogP contribution in [0.4, 0.5) is 4.39 Å². The summed E-state index contributed by atoms with van der Waals surface area (Å²) in [4.78, 5) is 0.0797. The summed E-state index contributed by atoms with van der Waals surface area (Å²) in [6.45, 7) is 0. The van der Waals surface area contributed by atoms with Gasteiger partial charge in [-0.1, -0.05) is 30.3 Å². The lowest BCUT2D eigenvalue weighted by Gasteiger charge is -1.98. The van der Waals surface area contributed by atoms with Gasteiger partial charge in [-0.2, -0.15) is 0 Å². The van der Waals surface area contributed by atoms with E-state index in [1.54, 1.807) is 12.1 Å². The molecule has 0 aliphatic rings. The summed E-state index contributed by atoms with van der Waals surface area (Å²) in [5.41, 5.74) is 0.795. The van der Waals surface area contributed by atoms with Crippen molar-refractivity contribution < 1.29 is 12.8 Å². The molecule has 0 unspecified atom stereocenters. The topological polar surface area (TPSA) is 34.1 Å². The molecule has 0 aliphatic carbocycles. The number of halogens is 1. The zero-order chi connectivity index (χ0) is 13.0. The molecule has 0 aliphatic heterocycles. The zero-order valence-electron chi connectivity index (χ0n) is 9.45. The van der Waals surface area contributed by atoms with Crippen LogP contribution < -0.4 is 0 Å². The van der Waals surface area contributed by atoms with Gasteiger partial charge in [0.05, 0.1) is 4.90 Å². The second-order valence-corrected chi connectivity index (χ2v) is 5.55. The predicted octanol–water partition coefficient (Wildman–Crippen LogP) is 3.27. The van der Waals surface area contributed by atoms with Crippen molar-refractivity contribution in [3.63, 3.8) is 0 Å². The number of sulfone groups is 1. The van der Waals surface area contributed by atoms with E-state index in [9.17, 15) is 12.8 Å². The lowest BCUT2D eigenvalue weighted by molar-refractivity contribution is 0.603. The van der Waals surface area contributed by atoms with Crippen LogP contribution in [0.3, 0.4) is 0 Å². The van der Waals surface area contributed by atoms with Crippen LogP contribution in [0.1, 0.15) is 5.56 Å². The molecule has 0 radical (unpaired) electrons. The molecule has 0 N–H and O–H groups in total. The lowest BCUT2D eigenvalue weighted by Crippen LogP contribution is -1.95. The van der Waals surface area contributed by atoms with Gasteiger partial charge in [-0.3, -0.25) is 0 Å². The fraction of sp³-hybridized carbons (Fsp3) is 0. The van der Waals surface area contributed by atoms with Crippen molar-refractivity contribution in [2.75, 3.05) is 0 Å². The molecule has 0 spiro atoms. The highest BCUT2D eigenvalue weighted by Crippen LogP contribution is 2.14.